The van der Waals surface area contributed by atoms with Crippen LogP contribution >= 0.6 is 0 Å². The molecule has 1 heterocycles. The summed E-state index contributed by atoms with van der Waals surface area (Å²) < 4.78 is 0. The van der Waals surface area contributed by atoms with Crippen molar-refractivity contribution >= 4 is 0 Å². The molecule has 0 aliphatic heterocycles. The molecule has 0 spiro atoms. The SMILES string of the molecule is CCCCCCC[C@H]1CC[C@H]([C@H]2CC[C@H](c3ccc(CCC)cn3)CC2)CC1. The Kier molecular flexibility index (Phi) is 9.35. The molecule has 1 heteroatoms. The van der Waals surface area contributed by atoms with Gasteiger partial charge in [0.25, 0.3) is 0 Å². The van der Waals surface area contributed by atoms with Gasteiger partial charge in [-0.2, -0.15) is 0 Å². The highest BCUT2D eigenvalue weighted by molar-refractivity contribution is 5.17. The average molecular weight is 384 g/mol. The Bertz CT molecular complexity index is 518. The largest absolute Gasteiger partial charge is 0.261 e. The van der Waals surface area contributed by atoms with Crippen LogP contribution in [0.5, 0.6) is 0 Å². The van der Waals surface area contributed by atoms with E-state index < -0.39 is 0 Å². The minimum Gasteiger partial charge on any atom is -0.261 e. The highest BCUT2D eigenvalue weighted by atomic mass is 14.7. The van der Waals surface area contributed by atoms with Crippen molar-refractivity contribution in [3.05, 3.63) is 29.6 Å². The maximum atomic E-state index is 4.82. The number of aryl methyl sites for hydroxylation is 1. The molecular formula is C27H45N. The fraction of sp³-hybridized carbons (Fsp3) is 0.815. The van der Waals surface area contributed by atoms with Gasteiger partial charge in [0.05, 0.1) is 0 Å². The molecule has 28 heavy (non-hydrogen) atoms. The molecule has 0 atom stereocenters. The van der Waals surface area contributed by atoms with Crippen molar-refractivity contribution < 1.29 is 0 Å². The van der Waals surface area contributed by atoms with Crippen molar-refractivity contribution in [1.82, 2.24) is 4.98 Å². The lowest BCUT2D eigenvalue weighted by Gasteiger charge is -2.38. The fourth-order valence-electron chi connectivity index (χ4n) is 5.99. The summed E-state index contributed by atoms with van der Waals surface area (Å²) in [7, 11) is 0. The van der Waals surface area contributed by atoms with Crippen molar-refractivity contribution in [3.8, 4) is 0 Å². The normalized spacial score (nSPS) is 28.4. The molecule has 0 unspecified atom stereocenters. The van der Waals surface area contributed by atoms with Gasteiger partial charge < -0.3 is 0 Å². The molecule has 2 saturated carbocycles. The van der Waals surface area contributed by atoms with Gasteiger partial charge in [-0.15, -0.1) is 0 Å². The second kappa shape index (κ2) is 12.0. The van der Waals surface area contributed by atoms with E-state index in [-0.39, 0.29) is 0 Å². The van der Waals surface area contributed by atoms with Crippen LogP contribution in [0.15, 0.2) is 18.3 Å². The Morgan fingerprint density at radius 3 is 2.04 bits per heavy atom. The fourth-order valence-corrected chi connectivity index (χ4v) is 5.99. The number of nitrogens with zero attached hydrogens (tertiary/aromatic N) is 1. The summed E-state index contributed by atoms with van der Waals surface area (Å²) in [5, 5.41) is 0. The Labute approximate surface area is 175 Å². The number of unbranched alkanes of at least 4 members (excludes halogenated alkanes) is 4. The molecule has 0 N–H and O–H groups in total. The van der Waals surface area contributed by atoms with Crippen molar-refractivity contribution in [2.24, 2.45) is 17.8 Å². The molecular weight excluding hydrogens is 338 g/mol. The smallest absolute Gasteiger partial charge is 0.0434 e. The zero-order valence-electron chi connectivity index (χ0n) is 18.8. The van der Waals surface area contributed by atoms with Gasteiger partial charge in [-0.05, 0) is 74.3 Å². The zero-order valence-corrected chi connectivity index (χ0v) is 18.8. The molecule has 1 aromatic rings. The van der Waals surface area contributed by atoms with E-state index in [0.29, 0.717) is 0 Å². The molecule has 158 valence electrons. The summed E-state index contributed by atoms with van der Waals surface area (Å²) >= 11 is 0. The molecule has 1 aromatic heterocycles. The third-order valence-corrected chi connectivity index (χ3v) is 7.85. The second-order valence-electron chi connectivity index (χ2n) is 9.94. The Hall–Kier alpha value is -0.850. The molecule has 0 aromatic carbocycles. The lowest BCUT2D eigenvalue weighted by Crippen LogP contribution is -2.25. The first kappa shape index (κ1) is 21.8. The second-order valence-corrected chi connectivity index (χ2v) is 9.94. The number of aromatic nitrogens is 1. The third-order valence-electron chi connectivity index (χ3n) is 7.85. The monoisotopic (exact) mass is 383 g/mol. The van der Waals surface area contributed by atoms with Gasteiger partial charge >= 0.3 is 0 Å². The zero-order chi connectivity index (χ0) is 19.6. The molecule has 0 amide bonds. The summed E-state index contributed by atoms with van der Waals surface area (Å²) in [5.74, 6) is 3.84. The molecule has 3 rings (SSSR count). The third kappa shape index (κ3) is 6.60. The summed E-state index contributed by atoms with van der Waals surface area (Å²) in [6, 6.07) is 4.64. The van der Waals surface area contributed by atoms with Crippen LogP contribution in [0.4, 0.5) is 0 Å². The quantitative estimate of drug-likeness (QED) is 0.369. The molecule has 0 radical (unpaired) electrons. The van der Waals surface area contributed by atoms with E-state index in [1.165, 1.54) is 114 Å². The number of rotatable bonds is 10. The highest BCUT2D eigenvalue weighted by Crippen LogP contribution is 2.44. The molecule has 0 saturated heterocycles. The Balaban J connectivity index is 1.34. The topological polar surface area (TPSA) is 12.9 Å². The van der Waals surface area contributed by atoms with Crippen molar-refractivity contribution in [1.29, 1.82) is 0 Å². The minimum atomic E-state index is 0.728. The summed E-state index contributed by atoms with van der Waals surface area (Å²) in [4.78, 5) is 4.82. The number of pyridine rings is 1. The number of hydrogen-bond donors (Lipinski definition) is 0. The van der Waals surface area contributed by atoms with E-state index in [1.54, 1.807) is 0 Å². The van der Waals surface area contributed by atoms with Crippen LogP contribution in [0.1, 0.15) is 127 Å². The van der Waals surface area contributed by atoms with E-state index in [9.17, 15) is 0 Å². The van der Waals surface area contributed by atoms with E-state index in [2.05, 4.69) is 32.2 Å². The van der Waals surface area contributed by atoms with Crippen LogP contribution in [-0.4, -0.2) is 4.98 Å². The summed E-state index contributed by atoms with van der Waals surface area (Å²) in [5.41, 5.74) is 2.77. The van der Waals surface area contributed by atoms with Crippen molar-refractivity contribution in [2.75, 3.05) is 0 Å². The molecule has 0 bridgehead atoms. The van der Waals surface area contributed by atoms with Gasteiger partial charge in [-0.1, -0.05) is 77.7 Å². The average Bonchev–Trinajstić information content (AvgIpc) is 2.75. The molecule has 2 aliphatic rings. The summed E-state index contributed by atoms with van der Waals surface area (Å²) in [6.07, 6.45) is 25.0. The van der Waals surface area contributed by atoms with Crippen LogP contribution in [0.3, 0.4) is 0 Å². The van der Waals surface area contributed by atoms with Gasteiger partial charge in [-0.3, -0.25) is 4.98 Å². The Morgan fingerprint density at radius 2 is 1.43 bits per heavy atom. The van der Waals surface area contributed by atoms with Crippen molar-refractivity contribution in [3.63, 3.8) is 0 Å². The van der Waals surface area contributed by atoms with Crippen LogP contribution in [0.2, 0.25) is 0 Å². The van der Waals surface area contributed by atoms with E-state index in [0.717, 1.165) is 23.7 Å². The predicted molar refractivity (Wildman–Crippen MR) is 122 cm³/mol. The minimum absolute atomic E-state index is 0.728. The van der Waals surface area contributed by atoms with Crippen LogP contribution in [0.25, 0.3) is 0 Å². The Morgan fingerprint density at radius 1 is 0.750 bits per heavy atom. The van der Waals surface area contributed by atoms with Crippen molar-refractivity contribution in [2.45, 2.75) is 122 Å². The summed E-state index contributed by atoms with van der Waals surface area (Å²) in [6.45, 7) is 4.56. The van der Waals surface area contributed by atoms with Crippen LogP contribution < -0.4 is 0 Å². The molecule has 2 aliphatic carbocycles. The van der Waals surface area contributed by atoms with Crippen LogP contribution in [-0.2, 0) is 6.42 Å². The highest BCUT2D eigenvalue weighted by Gasteiger charge is 2.31. The van der Waals surface area contributed by atoms with Gasteiger partial charge in [0.2, 0.25) is 0 Å². The first-order valence-electron chi connectivity index (χ1n) is 12.7. The number of hydrogen-bond acceptors (Lipinski definition) is 1. The standard InChI is InChI=1S/C27H45N/c1-3-5-6-7-8-10-22-11-14-24(15-12-22)25-16-18-26(19-17-25)27-20-13-23(9-4-2)21-28-27/h13,20-22,24-26H,3-12,14-19H2,1-2H3/t22-,24-,25-,26-. The van der Waals surface area contributed by atoms with Crippen LogP contribution in [0, 0.1) is 17.8 Å². The van der Waals surface area contributed by atoms with E-state index >= 15 is 0 Å². The van der Waals surface area contributed by atoms with E-state index in [1.807, 2.05) is 0 Å². The van der Waals surface area contributed by atoms with E-state index in [4.69, 9.17) is 4.98 Å². The molecule has 2 fully saturated rings. The first-order valence-corrected chi connectivity index (χ1v) is 12.7. The van der Waals surface area contributed by atoms with Gasteiger partial charge in [0, 0.05) is 17.8 Å². The molecule has 1 nitrogen and oxygen atoms in total. The lowest BCUT2D eigenvalue weighted by atomic mass is 9.68. The lowest BCUT2D eigenvalue weighted by molar-refractivity contribution is 0.155. The maximum Gasteiger partial charge on any atom is 0.0434 e. The van der Waals surface area contributed by atoms with Gasteiger partial charge in [-0.25, -0.2) is 0 Å². The van der Waals surface area contributed by atoms with Gasteiger partial charge in [0.15, 0.2) is 0 Å². The predicted octanol–water partition coefficient (Wildman–Crippen LogP) is 8.47. The maximum absolute atomic E-state index is 4.82. The van der Waals surface area contributed by atoms with Gasteiger partial charge in [0.1, 0.15) is 0 Å². The first-order chi connectivity index (χ1) is 13.8.